The highest BCUT2D eigenvalue weighted by atomic mass is 19.1. The van der Waals surface area contributed by atoms with Crippen LogP contribution in [-0.2, 0) is 0 Å². The molecule has 2 nitrogen and oxygen atoms in total. The third-order valence-corrected chi connectivity index (χ3v) is 3.79. The van der Waals surface area contributed by atoms with E-state index < -0.39 is 0 Å². The van der Waals surface area contributed by atoms with Crippen LogP contribution in [0.4, 0.5) is 4.39 Å². The van der Waals surface area contributed by atoms with Crippen LogP contribution in [0.15, 0.2) is 54.7 Å². The summed E-state index contributed by atoms with van der Waals surface area (Å²) >= 11 is 0. The lowest BCUT2D eigenvalue weighted by Crippen LogP contribution is -2.18. The SMILES string of the molecule is CNC(c1ccc2cccnc2c1)c1ccc(F)cc1C. The van der Waals surface area contributed by atoms with Crippen molar-refractivity contribution in [2.45, 2.75) is 13.0 Å². The Morgan fingerprint density at radius 1 is 1.10 bits per heavy atom. The molecule has 0 radical (unpaired) electrons. The molecule has 1 aromatic heterocycles. The summed E-state index contributed by atoms with van der Waals surface area (Å²) in [5.41, 5.74) is 4.11. The summed E-state index contributed by atoms with van der Waals surface area (Å²) < 4.78 is 13.3. The van der Waals surface area contributed by atoms with Gasteiger partial charge >= 0.3 is 0 Å². The third kappa shape index (κ3) is 2.65. The molecule has 0 saturated carbocycles. The fraction of sp³-hybridized carbons (Fsp3) is 0.167. The molecule has 106 valence electrons. The molecular weight excluding hydrogens is 263 g/mol. The van der Waals surface area contributed by atoms with E-state index in [2.05, 4.69) is 28.5 Å². The number of hydrogen-bond donors (Lipinski definition) is 1. The number of fused-ring (bicyclic) bond motifs is 1. The van der Waals surface area contributed by atoms with Gasteiger partial charge in [0.2, 0.25) is 0 Å². The number of pyridine rings is 1. The van der Waals surface area contributed by atoms with Gasteiger partial charge in [-0.1, -0.05) is 24.3 Å². The van der Waals surface area contributed by atoms with E-state index in [0.29, 0.717) is 0 Å². The van der Waals surface area contributed by atoms with E-state index in [0.717, 1.165) is 27.6 Å². The second-order valence-electron chi connectivity index (χ2n) is 5.18. The molecule has 3 rings (SSSR count). The van der Waals surface area contributed by atoms with Crippen molar-refractivity contribution in [2.24, 2.45) is 0 Å². The zero-order valence-corrected chi connectivity index (χ0v) is 12.1. The van der Waals surface area contributed by atoms with Crippen molar-refractivity contribution in [3.8, 4) is 0 Å². The van der Waals surface area contributed by atoms with Gasteiger partial charge in [0.05, 0.1) is 11.6 Å². The van der Waals surface area contributed by atoms with Crippen LogP contribution >= 0.6 is 0 Å². The number of aryl methyl sites for hydroxylation is 1. The normalized spacial score (nSPS) is 12.5. The Bertz CT molecular complexity index is 783. The fourth-order valence-corrected chi connectivity index (χ4v) is 2.73. The van der Waals surface area contributed by atoms with Crippen LogP contribution in [0.3, 0.4) is 0 Å². The van der Waals surface area contributed by atoms with Crippen LogP contribution in [0, 0.1) is 12.7 Å². The van der Waals surface area contributed by atoms with Gasteiger partial charge in [0.25, 0.3) is 0 Å². The summed E-state index contributed by atoms with van der Waals surface area (Å²) in [6.07, 6.45) is 1.80. The standard InChI is InChI=1S/C18H17FN2/c1-12-10-15(19)7-8-16(12)18(20-2)14-6-5-13-4-3-9-21-17(13)11-14/h3-11,18,20H,1-2H3. The van der Waals surface area contributed by atoms with Crippen LogP contribution < -0.4 is 5.32 Å². The van der Waals surface area contributed by atoms with Crippen molar-refractivity contribution in [1.82, 2.24) is 10.3 Å². The van der Waals surface area contributed by atoms with Gasteiger partial charge in [-0.25, -0.2) is 4.39 Å². The number of rotatable bonds is 3. The minimum absolute atomic E-state index is 0.0250. The van der Waals surface area contributed by atoms with E-state index in [1.165, 1.54) is 6.07 Å². The van der Waals surface area contributed by atoms with Crippen LogP contribution in [0.25, 0.3) is 10.9 Å². The van der Waals surface area contributed by atoms with Crippen molar-refractivity contribution in [3.63, 3.8) is 0 Å². The lowest BCUT2D eigenvalue weighted by molar-refractivity contribution is 0.621. The van der Waals surface area contributed by atoms with Crippen molar-refractivity contribution in [1.29, 1.82) is 0 Å². The molecule has 0 bridgehead atoms. The van der Waals surface area contributed by atoms with Gasteiger partial charge in [-0.15, -0.1) is 0 Å². The Morgan fingerprint density at radius 2 is 1.95 bits per heavy atom. The molecule has 0 aliphatic carbocycles. The van der Waals surface area contributed by atoms with Crippen molar-refractivity contribution >= 4 is 10.9 Å². The first-order chi connectivity index (χ1) is 10.2. The minimum Gasteiger partial charge on any atom is -0.309 e. The van der Waals surface area contributed by atoms with Crippen molar-refractivity contribution < 1.29 is 4.39 Å². The summed E-state index contributed by atoms with van der Waals surface area (Å²) in [5.74, 6) is -0.203. The predicted molar refractivity (Wildman–Crippen MR) is 83.8 cm³/mol. The average molecular weight is 280 g/mol. The Hall–Kier alpha value is -2.26. The van der Waals surface area contributed by atoms with Crippen molar-refractivity contribution in [3.05, 3.63) is 77.2 Å². The Kier molecular flexibility index (Phi) is 3.67. The van der Waals surface area contributed by atoms with Crippen LogP contribution in [0.2, 0.25) is 0 Å². The number of hydrogen-bond acceptors (Lipinski definition) is 2. The van der Waals surface area contributed by atoms with Crippen LogP contribution in [0.5, 0.6) is 0 Å². The molecule has 0 aliphatic rings. The quantitative estimate of drug-likeness (QED) is 0.784. The molecule has 21 heavy (non-hydrogen) atoms. The summed E-state index contributed by atoms with van der Waals surface area (Å²) in [4.78, 5) is 4.40. The molecule has 1 heterocycles. The maximum absolute atomic E-state index is 13.3. The van der Waals surface area contributed by atoms with Gasteiger partial charge in [-0.05, 0) is 54.9 Å². The first kappa shape index (κ1) is 13.7. The second-order valence-corrected chi connectivity index (χ2v) is 5.18. The predicted octanol–water partition coefficient (Wildman–Crippen LogP) is 3.99. The average Bonchev–Trinajstić information content (AvgIpc) is 2.50. The smallest absolute Gasteiger partial charge is 0.123 e. The minimum atomic E-state index is -0.203. The molecule has 2 aromatic carbocycles. The molecule has 1 N–H and O–H groups in total. The van der Waals surface area contributed by atoms with Gasteiger partial charge in [0.1, 0.15) is 5.82 Å². The highest BCUT2D eigenvalue weighted by Gasteiger charge is 2.15. The van der Waals surface area contributed by atoms with Crippen molar-refractivity contribution in [2.75, 3.05) is 7.05 Å². The van der Waals surface area contributed by atoms with E-state index in [1.807, 2.05) is 32.2 Å². The topological polar surface area (TPSA) is 24.9 Å². The lowest BCUT2D eigenvalue weighted by atomic mass is 9.94. The highest BCUT2D eigenvalue weighted by Crippen LogP contribution is 2.27. The van der Waals surface area contributed by atoms with Gasteiger partial charge in [0.15, 0.2) is 0 Å². The van der Waals surface area contributed by atoms with Crippen LogP contribution in [-0.4, -0.2) is 12.0 Å². The number of nitrogens with zero attached hydrogens (tertiary/aromatic N) is 1. The molecule has 0 aliphatic heterocycles. The first-order valence-corrected chi connectivity index (χ1v) is 6.97. The monoisotopic (exact) mass is 280 g/mol. The van der Waals surface area contributed by atoms with Gasteiger partial charge in [-0.3, -0.25) is 4.98 Å². The molecule has 3 aromatic rings. The Labute approximate surface area is 123 Å². The number of nitrogens with one attached hydrogen (secondary N) is 1. The lowest BCUT2D eigenvalue weighted by Gasteiger charge is -2.20. The largest absolute Gasteiger partial charge is 0.309 e. The Balaban J connectivity index is 2.09. The Morgan fingerprint density at radius 3 is 2.71 bits per heavy atom. The maximum Gasteiger partial charge on any atom is 0.123 e. The summed E-state index contributed by atoms with van der Waals surface area (Å²) in [7, 11) is 1.91. The molecule has 0 amide bonds. The molecular formula is C18H17FN2. The van der Waals surface area contributed by atoms with E-state index >= 15 is 0 Å². The summed E-state index contributed by atoms with van der Waals surface area (Å²) in [5, 5.41) is 4.43. The number of aromatic nitrogens is 1. The molecule has 1 atom stereocenters. The molecule has 0 spiro atoms. The van der Waals surface area contributed by atoms with Gasteiger partial charge < -0.3 is 5.32 Å². The zero-order chi connectivity index (χ0) is 14.8. The second kappa shape index (κ2) is 5.62. The van der Waals surface area contributed by atoms with Crippen LogP contribution in [0.1, 0.15) is 22.7 Å². The highest BCUT2D eigenvalue weighted by molar-refractivity contribution is 5.79. The maximum atomic E-state index is 13.3. The van der Waals surface area contributed by atoms with E-state index in [9.17, 15) is 4.39 Å². The van der Waals surface area contributed by atoms with E-state index in [1.54, 1.807) is 12.3 Å². The van der Waals surface area contributed by atoms with Gasteiger partial charge in [-0.2, -0.15) is 0 Å². The molecule has 0 fully saturated rings. The van der Waals surface area contributed by atoms with E-state index in [4.69, 9.17) is 0 Å². The number of halogens is 1. The first-order valence-electron chi connectivity index (χ1n) is 6.97. The van der Waals surface area contributed by atoms with E-state index in [-0.39, 0.29) is 11.9 Å². The third-order valence-electron chi connectivity index (χ3n) is 3.79. The summed E-state index contributed by atoms with van der Waals surface area (Å²) in [6.45, 7) is 1.93. The number of benzene rings is 2. The fourth-order valence-electron chi connectivity index (χ4n) is 2.73. The summed E-state index contributed by atoms with van der Waals surface area (Å²) in [6, 6.07) is 15.2. The molecule has 3 heteroatoms. The zero-order valence-electron chi connectivity index (χ0n) is 12.1. The molecule has 0 saturated heterocycles. The molecule has 1 unspecified atom stereocenters. The van der Waals surface area contributed by atoms with Gasteiger partial charge in [0, 0.05) is 11.6 Å².